The van der Waals surface area contributed by atoms with Gasteiger partial charge in [-0.05, 0) is 37.8 Å². The minimum Gasteiger partial charge on any atom is -0.480 e. The second-order valence-corrected chi connectivity index (χ2v) is 5.17. The molecule has 1 aliphatic heterocycles. The molecule has 0 spiro atoms. The van der Waals surface area contributed by atoms with Crippen LogP contribution in [-0.2, 0) is 4.79 Å². The Hall–Kier alpha value is -0.260. The number of carboxylic acid groups (broad SMARTS) is 1. The van der Waals surface area contributed by atoms with Crippen LogP contribution in [0.4, 0.5) is 0 Å². The first-order valence-corrected chi connectivity index (χ1v) is 6.71. The molecule has 5 heteroatoms. The van der Waals surface area contributed by atoms with Gasteiger partial charge in [0.15, 0.2) is 0 Å². The molecule has 0 amide bonds. The molecule has 4 nitrogen and oxygen atoms in total. The van der Waals surface area contributed by atoms with Crippen molar-refractivity contribution >= 4 is 17.7 Å². The first-order chi connectivity index (χ1) is 7.08. The number of hydrogen-bond acceptors (Lipinski definition) is 4. The molecule has 15 heavy (non-hydrogen) atoms. The molecule has 0 bridgehead atoms. The molecule has 1 saturated heterocycles. The SMILES string of the molecule is CSCCCCN1CCC(N)(C(=O)O)C1. The number of aliphatic carboxylic acids is 1. The van der Waals surface area contributed by atoms with Crippen molar-refractivity contribution in [2.45, 2.75) is 24.8 Å². The number of nitrogens with two attached hydrogens (primary N) is 1. The lowest BCUT2D eigenvalue weighted by Crippen LogP contribution is -2.50. The molecule has 1 aliphatic rings. The van der Waals surface area contributed by atoms with Gasteiger partial charge in [-0.2, -0.15) is 11.8 Å². The van der Waals surface area contributed by atoms with E-state index >= 15 is 0 Å². The summed E-state index contributed by atoms with van der Waals surface area (Å²) < 4.78 is 0. The van der Waals surface area contributed by atoms with E-state index in [2.05, 4.69) is 11.2 Å². The summed E-state index contributed by atoms with van der Waals surface area (Å²) in [7, 11) is 0. The monoisotopic (exact) mass is 232 g/mol. The lowest BCUT2D eigenvalue weighted by atomic mass is 10.0. The van der Waals surface area contributed by atoms with Crippen molar-refractivity contribution in [1.82, 2.24) is 4.90 Å². The maximum Gasteiger partial charge on any atom is 0.325 e. The number of hydrogen-bond donors (Lipinski definition) is 2. The van der Waals surface area contributed by atoms with Gasteiger partial charge in [-0.1, -0.05) is 0 Å². The summed E-state index contributed by atoms with van der Waals surface area (Å²) in [6, 6.07) is 0. The Bertz CT molecular complexity index is 225. The Balaban J connectivity index is 2.22. The van der Waals surface area contributed by atoms with Gasteiger partial charge < -0.3 is 15.7 Å². The van der Waals surface area contributed by atoms with Crippen LogP contribution in [0, 0.1) is 0 Å². The summed E-state index contributed by atoms with van der Waals surface area (Å²) >= 11 is 1.85. The number of likely N-dealkylation sites (tertiary alicyclic amines) is 1. The van der Waals surface area contributed by atoms with Crippen LogP contribution in [0.1, 0.15) is 19.3 Å². The van der Waals surface area contributed by atoms with Gasteiger partial charge in [0.05, 0.1) is 0 Å². The number of carbonyl (C=O) groups is 1. The van der Waals surface area contributed by atoms with Crippen molar-refractivity contribution in [3.8, 4) is 0 Å². The van der Waals surface area contributed by atoms with Crippen molar-refractivity contribution < 1.29 is 9.90 Å². The predicted octanol–water partition coefficient (Wildman–Crippen LogP) is 0.617. The molecule has 88 valence electrons. The van der Waals surface area contributed by atoms with E-state index in [1.54, 1.807) is 0 Å². The molecule has 0 saturated carbocycles. The van der Waals surface area contributed by atoms with Gasteiger partial charge in [0.1, 0.15) is 5.54 Å². The summed E-state index contributed by atoms with van der Waals surface area (Å²) in [6.07, 6.45) is 5.01. The van der Waals surface area contributed by atoms with E-state index in [4.69, 9.17) is 10.8 Å². The minimum atomic E-state index is -1.00. The molecular weight excluding hydrogens is 212 g/mol. The van der Waals surface area contributed by atoms with Crippen LogP contribution < -0.4 is 5.73 Å². The Labute approximate surface area is 95.2 Å². The zero-order valence-electron chi connectivity index (χ0n) is 9.24. The molecule has 1 unspecified atom stereocenters. The fraction of sp³-hybridized carbons (Fsp3) is 0.900. The third kappa shape index (κ3) is 3.66. The van der Waals surface area contributed by atoms with E-state index in [0.29, 0.717) is 13.0 Å². The number of carboxylic acids is 1. The Kier molecular flexibility index (Phi) is 4.89. The van der Waals surface area contributed by atoms with Crippen LogP contribution in [0.2, 0.25) is 0 Å². The zero-order valence-corrected chi connectivity index (χ0v) is 10.1. The van der Waals surface area contributed by atoms with Crippen molar-refractivity contribution in [3.63, 3.8) is 0 Å². The Morgan fingerprint density at radius 3 is 2.87 bits per heavy atom. The standard InChI is InChI=1S/C10H20N2O2S/c1-15-7-3-2-5-12-6-4-10(11,8-12)9(13)14/h2-8,11H2,1H3,(H,13,14). The van der Waals surface area contributed by atoms with Gasteiger partial charge in [-0.15, -0.1) is 0 Å². The van der Waals surface area contributed by atoms with Crippen molar-refractivity contribution in [2.75, 3.05) is 31.6 Å². The second-order valence-electron chi connectivity index (χ2n) is 4.19. The van der Waals surface area contributed by atoms with Gasteiger partial charge in [0.2, 0.25) is 0 Å². The first kappa shape index (κ1) is 12.8. The van der Waals surface area contributed by atoms with Crippen LogP contribution in [-0.4, -0.2) is 53.2 Å². The molecule has 3 N–H and O–H groups in total. The molecule has 0 aromatic heterocycles. The van der Waals surface area contributed by atoms with Gasteiger partial charge in [-0.3, -0.25) is 4.79 Å². The van der Waals surface area contributed by atoms with Crippen LogP contribution in [0.15, 0.2) is 0 Å². The smallest absolute Gasteiger partial charge is 0.325 e. The fourth-order valence-electron chi connectivity index (χ4n) is 1.86. The highest BCUT2D eigenvalue weighted by Crippen LogP contribution is 2.19. The molecule has 1 heterocycles. The lowest BCUT2D eigenvalue weighted by Gasteiger charge is -2.19. The largest absolute Gasteiger partial charge is 0.480 e. The highest BCUT2D eigenvalue weighted by Gasteiger charge is 2.40. The van der Waals surface area contributed by atoms with E-state index in [1.165, 1.54) is 12.2 Å². The van der Waals surface area contributed by atoms with Crippen molar-refractivity contribution in [2.24, 2.45) is 5.73 Å². The summed E-state index contributed by atoms with van der Waals surface area (Å²) in [4.78, 5) is 13.1. The number of thioether (sulfide) groups is 1. The first-order valence-electron chi connectivity index (χ1n) is 5.32. The fourth-order valence-corrected chi connectivity index (χ4v) is 2.35. The van der Waals surface area contributed by atoms with Gasteiger partial charge >= 0.3 is 5.97 Å². The van der Waals surface area contributed by atoms with Crippen LogP contribution in [0.25, 0.3) is 0 Å². The highest BCUT2D eigenvalue weighted by atomic mass is 32.2. The average Bonchev–Trinajstić information content (AvgIpc) is 2.57. The van der Waals surface area contributed by atoms with E-state index in [9.17, 15) is 4.79 Å². The van der Waals surface area contributed by atoms with E-state index in [0.717, 1.165) is 19.5 Å². The molecule has 1 rings (SSSR count). The molecule has 0 aromatic rings. The van der Waals surface area contributed by atoms with Crippen molar-refractivity contribution in [1.29, 1.82) is 0 Å². The normalized spacial score (nSPS) is 27.1. The molecule has 0 aliphatic carbocycles. The number of unbranched alkanes of at least 4 members (excludes halogenated alkanes) is 1. The maximum absolute atomic E-state index is 10.9. The average molecular weight is 232 g/mol. The molecular formula is C10H20N2O2S. The van der Waals surface area contributed by atoms with Crippen molar-refractivity contribution in [3.05, 3.63) is 0 Å². The lowest BCUT2D eigenvalue weighted by molar-refractivity contribution is -0.142. The second kappa shape index (κ2) is 5.72. The summed E-state index contributed by atoms with van der Waals surface area (Å²) in [6.45, 7) is 2.30. The van der Waals surface area contributed by atoms with Crippen LogP contribution in [0.3, 0.4) is 0 Å². The Morgan fingerprint density at radius 1 is 1.60 bits per heavy atom. The molecule has 1 atom stereocenters. The Morgan fingerprint density at radius 2 is 2.33 bits per heavy atom. The van der Waals surface area contributed by atoms with E-state index in [-0.39, 0.29) is 0 Å². The molecule has 1 fully saturated rings. The highest BCUT2D eigenvalue weighted by molar-refractivity contribution is 7.98. The molecule has 0 aromatic carbocycles. The number of rotatable bonds is 6. The summed E-state index contributed by atoms with van der Waals surface area (Å²) in [5.41, 5.74) is 4.78. The van der Waals surface area contributed by atoms with Gasteiger partial charge in [0, 0.05) is 13.1 Å². The van der Waals surface area contributed by atoms with E-state index < -0.39 is 11.5 Å². The topological polar surface area (TPSA) is 66.6 Å². The van der Waals surface area contributed by atoms with E-state index in [1.807, 2.05) is 11.8 Å². The van der Waals surface area contributed by atoms with Gasteiger partial charge in [0.25, 0.3) is 0 Å². The summed E-state index contributed by atoms with van der Waals surface area (Å²) in [5, 5.41) is 8.94. The quantitative estimate of drug-likeness (QED) is 0.657. The minimum absolute atomic E-state index is 0.502. The number of nitrogens with zero attached hydrogens (tertiary/aromatic N) is 1. The maximum atomic E-state index is 10.9. The van der Waals surface area contributed by atoms with Gasteiger partial charge in [-0.25, -0.2) is 0 Å². The third-order valence-corrected chi connectivity index (χ3v) is 3.58. The predicted molar refractivity (Wildman–Crippen MR) is 63.2 cm³/mol. The molecule has 0 radical (unpaired) electrons. The van der Waals surface area contributed by atoms with Crippen LogP contribution in [0.5, 0.6) is 0 Å². The third-order valence-electron chi connectivity index (χ3n) is 2.88. The summed E-state index contributed by atoms with van der Waals surface area (Å²) in [5.74, 6) is 0.315. The zero-order chi connectivity index (χ0) is 11.3. The van der Waals surface area contributed by atoms with Crippen LogP contribution >= 0.6 is 11.8 Å².